The minimum atomic E-state index is -0.369. The largest absolute Gasteiger partial charge is 0.207 e. The third-order valence-corrected chi connectivity index (χ3v) is 4.48. The zero-order chi connectivity index (χ0) is 14.0. The Labute approximate surface area is 118 Å². The molecule has 1 aliphatic carbocycles. The van der Waals surface area contributed by atoms with Gasteiger partial charge in [0, 0.05) is 11.0 Å². The molecule has 0 bridgehead atoms. The second-order valence-corrected chi connectivity index (χ2v) is 5.63. The van der Waals surface area contributed by atoms with E-state index in [1.807, 2.05) is 30.3 Å². The van der Waals surface area contributed by atoms with Gasteiger partial charge >= 0.3 is 0 Å². The van der Waals surface area contributed by atoms with Gasteiger partial charge in [-0.3, -0.25) is 0 Å². The Morgan fingerprint density at radius 3 is 2.20 bits per heavy atom. The van der Waals surface area contributed by atoms with E-state index in [4.69, 9.17) is 0 Å². The lowest BCUT2D eigenvalue weighted by Crippen LogP contribution is -2.31. The lowest BCUT2D eigenvalue weighted by molar-refractivity contribution is 0.334. The topological polar surface area (TPSA) is 0 Å². The predicted molar refractivity (Wildman–Crippen MR) is 76.7 cm³/mol. The quantitative estimate of drug-likeness (QED) is 0.703. The van der Waals surface area contributed by atoms with Crippen molar-refractivity contribution in [2.24, 2.45) is 0 Å². The second-order valence-electron chi connectivity index (χ2n) is 5.63. The fourth-order valence-electron chi connectivity index (χ4n) is 3.49. The van der Waals surface area contributed by atoms with E-state index in [1.54, 1.807) is 0 Å². The first-order chi connectivity index (χ1) is 9.72. The van der Waals surface area contributed by atoms with E-state index in [0.717, 1.165) is 31.2 Å². The van der Waals surface area contributed by atoms with Gasteiger partial charge in [0.15, 0.2) is 0 Å². The minimum Gasteiger partial charge on any atom is -0.207 e. The van der Waals surface area contributed by atoms with Crippen molar-refractivity contribution in [2.45, 2.75) is 37.5 Å². The maximum atomic E-state index is 14.3. The Morgan fingerprint density at radius 2 is 1.50 bits per heavy atom. The second kappa shape index (κ2) is 5.35. The van der Waals surface area contributed by atoms with Crippen molar-refractivity contribution >= 4 is 0 Å². The molecule has 0 unspecified atom stereocenters. The predicted octanol–water partition coefficient (Wildman–Crippen LogP) is 5.22. The molecule has 0 saturated heterocycles. The van der Waals surface area contributed by atoms with Crippen LogP contribution in [0.15, 0.2) is 48.5 Å². The van der Waals surface area contributed by atoms with Gasteiger partial charge in [-0.25, -0.2) is 8.78 Å². The molecule has 0 aliphatic heterocycles. The molecule has 0 heterocycles. The van der Waals surface area contributed by atoms with E-state index < -0.39 is 0 Å². The monoisotopic (exact) mass is 272 g/mol. The van der Waals surface area contributed by atoms with Crippen LogP contribution in [0.25, 0.3) is 0 Å². The molecule has 0 amide bonds. The Morgan fingerprint density at radius 1 is 0.800 bits per heavy atom. The first-order valence-electron chi connectivity index (χ1n) is 7.23. The molecular formula is C18H18F2. The van der Waals surface area contributed by atoms with Crippen LogP contribution in [-0.2, 0) is 5.41 Å². The molecule has 0 radical (unpaired) electrons. The van der Waals surface area contributed by atoms with Crippen LogP contribution in [0.4, 0.5) is 8.78 Å². The molecule has 1 aliphatic rings. The summed E-state index contributed by atoms with van der Waals surface area (Å²) in [6, 6.07) is 13.8. The number of hydrogen-bond donors (Lipinski definition) is 0. The van der Waals surface area contributed by atoms with E-state index in [1.165, 1.54) is 24.6 Å². The molecule has 0 nitrogen and oxygen atoms in total. The zero-order valence-corrected chi connectivity index (χ0v) is 11.4. The third-order valence-electron chi connectivity index (χ3n) is 4.48. The number of rotatable bonds is 2. The lowest BCUT2D eigenvalue weighted by atomic mass is 9.65. The summed E-state index contributed by atoms with van der Waals surface area (Å²) in [5, 5.41) is 0. The van der Waals surface area contributed by atoms with Crippen molar-refractivity contribution in [3.05, 3.63) is 71.3 Å². The highest BCUT2D eigenvalue weighted by molar-refractivity contribution is 5.40. The maximum Gasteiger partial charge on any atom is 0.127 e. The molecule has 20 heavy (non-hydrogen) atoms. The smallest absolute Gasteiger partial charge is 0.127 e. The molecule has 2 aromatic carbocycles. The van der Waals surface area contributed by atoms with Crippen LogP contribution in [0, 0.1) is 11.6 Å². The number of benzene rings is 2. The Kier molecular flexibility index (Phi) is 3.56. The summed E-state index contributed by atoms with van der Waals surface area (Å²) in [4.78, 5) is 0. The lowest BCUT2D eigenvalue weighted by Gasteiger charge is -2.38. The van der Waals surface area contributed by atoms with Crippen molar-refractivity contribution in [3.63, 3.8) is 0 Å². The summed E-state index contributed by atoms with van der Waals surface area (Å²) >= 11 is 0. The standard InChI is InChI=1S/C18H18F2/c19-15-9-10-17(20)16(13-15)18(11-5-2-6-12-18)14-7-3-1-4-8-14/h1,3-4,7-10,13H,2,5-6,11-12H2. The highest BCUT2D eigenvalue weighted by atomic mass is 19.1. The van der Waals surface area contributed by atoms with Gasteiger partial charge in [0.1, 0.15) is 11.6 Å². The Hall–Kier alpha value is -1.70. The van der Waals surface area contributed by atoms with Crippen LogP contribution in [0.1, 0.15) is 43.2 Å². The van der Waals surface area contributed by atoms with Crippen molar-refractivity contribution in [3.8, 4) is 0 Å². The van der Waals surface area contributed by atoms with Gasteiger partial charge in [-0.15, -0.1) is 0 Å². The fraction of sp³-hybridized carbons (Fsp3) is 0.333. The maximum absolute atomic E-state index is 14.3. The number of halogens is 2. The van der Waals surface area contributed by atoms with Gasteiger partial charge in [0.05, 0.1) is 0 Å². The molecule has 2 heteroatoms. The van der Waals surface area contributed by atoms with Crippen LogP contribution >= 0.6 is 0 Å². The van der Waals surface area contributed by atoms with Crippen molar-refractivity contribution in [1.29, 1.82) is 0 Å². The Bertz CT molecular complexity index is 584. The van der Waals surface area contributed by atoms with Gasteiger partial charge in [0.25, 0.3) is 0 Å². The molecule has 3 rings (SSSR count). The first kappa shape index (κ1) is 13.3. The summed E-state index contributed by atoms with van der Waals surface area (Å²) in [6.45, 7) is 0. The Balaban J connectivity index is 2.17. The van der Waals surface area contributed by atoms with Crippen LogP contribution in [-0.4, -0.2) is 0 Å². The average molecular weight is 272 g/mol. The van der Waals surface area contributed by atoms with E-state index in [-0.39, 0.29) is 17.0 Å². The molecule has 0 aromatic heterocycles. The molecule has 2 aromatic rings. The highest BCUT2D eigenvalue weighted by Crippen LogP contribution is 2.45. The summed E-state index contributed by atoms with van der Waals surface area (Å²) in [5.74, 6) is -0.653. The molecule has 1 saturated carbocycles. The summed E-state index contributed by atoms with van der Waals surface area (Å²) in [5.41, 5.74) is 1.25. The average Bonchev–Trinajstić information content (AvgIpc) is 2.51. The van der Waals surface area contributed by atoms with Crippen LogP contribution in [0.2, 0.25) is 0 Å². The van der Waals surface area contributed by atoms with Crippen molar-refractivity contribution in [1.82, 2.24) is 0 Å². The van der Waals surface area contributed by atoms with Crippen LogP contribution < -0.4 is 0 Å². The van der Waals surface area contributed by atoms with Crippen molar-refractivity contribution in [2.75, 3.05) is 0 Å². The van der Waals surface area contributed by atoms with Crippen molar-refractivity contribution < 1.29 is 8.78 Å². The van der Waals surface area contributed by atoms with Gasteiger partial charge in [-0.2, -0.15) is 0 Å². The first-order valence-corrected chi connectivity index (χ1v) is 7.23. The van der Waals surface area contributed by atoms with Crippen LogP contribution in [0.5, 0.6) is 0 Å². The SMILES string of the molecule is Fc1ccc(F)c(C2(c3ccccc3)CCCCC2)c1. The van der Waals surface area contributed by atoms with Gasteiger partial charge < -0.3 is 0 Å². The summed E-state index contributed by atoms with van der Waals surface area (Å²) in [7, 11) is 0. The zero-order valence-electron chi connectivity index (χ0n) is 11.4. The summed E-state index contributed by atoms with van der Waals surface area (Å²) < 4.78 is 27.9. The fourth-order valence-corrected chi connectivity index (χ4v) is 3.49. The third kappa shape index (κ3) is 2.24. The normalized spacial score (nSPS) is 17.9. The summed E-state index contributed by atoms with van der Waals surface area (Å²) in [6.07, 6.45) is 5.07. The van der Waals surface area contributed by atoms with E-state index in [0.29, 0.717) is 5.56 Å². The van der Waals surface area contributed by atoms with E-state index in [9.17, 15) is 8.78 Å². The molecule has 0 N–H and O–H groups in total. The van der Waals surface area contributed by atoms with Gasteiger partial charge in [-0.05, 0) is 36.6 Å². The molecule has 0 spiro atoms. The molecular weight excluding hydrogens is 254 g/mol. The minimum absolute atomic E-state index is 0.294. The van der Waals surface area contributed by atoms with E-state index in [2.05, 4.69) is 0 Å². The number of hydrogen-bond acceptors (Lipinski definition) is 0. The highest BCUT2D eigenvalue weighted by Gasteiger charge is 2.37. The van der Waals surface area contributed by atoms with Crippen LogP contribution in [0.3, 0.4) is 0 Å². The molecule has 1 fully saturated rings. The van der Waals surface area contributed by atoms with Gasteiger partial charge in [-0.1, -0.05) is 49.6 Å². The molecule has 0 atom stereocenters. The van der Waals surface area contributed by atoms with Gasteiger partial charge in [0.2, 0.25) is 0 Å². The van der Waals surface area contributed by atoms with E-state index >= 15 is 0 Å². The molecule has 104 valence electrons.